The fourth-order valence-electron chi connectivity index (χ4n) is 2.42. The monoisotopic (exact) mass is 338 g/mol. The number of likely N-dealkylation sites (tertiary alicyclic amines) is 1. The number of hydrogen-bond acceptors (Lipinski definition) is 4. The van der Waals surface area contributed by atoms with Crippen molar-refractivity contribution in [3.05, 3.63) is 24.0 Å². The van der Waals surface area contributed by atoms with Gasteiger partial charge in [0, 0.05) is 37.7 Å². The predicted octanol–water partition coefficient (Wildman–Crippen LogP) is 3.17. The van der Waals surface area contributed by atoms with Gasteiger partial charge in [-0.05, 0) is 32.9 Å². The maximum Gasteiger partial charge on any atom is 0.410 e. The number of nitrogens with one attached hydrogen (secondary N) is 1. The van der Waals surface area contributed by atoms with E-state index in [4.69, 9.17) is 9.47 Å². The van der Waals surface area contributed by atoms with Gasteiger partial charge in [-0.15, -0.1) is 0 Å². The summed E-state index contributed by atoms with van der Waals surface area (Å²) in [5, 5.41) is 2.38. The molecule has 1 saturated heterocycles. The molecule has 0 radical (unpaired) electrons. The van der Waals surface area contributed by atoms with Crippen LogP contribution in [-0.4, -0.2) is 42.2 Å². The molecule has 1 aliphatic rings. The average Bonchev–Trinajstić information content (AvgIpc) is 2.49. The Bertz CT molecular complexity index is 593. The molecule has 1 N–H and O–H groups in total. The molecule has 132 valence electrons. The molecule has 0 bridgehead atoms. The Morgan fingerprint density at radius 1 is 1.33 bits per heavy atom. The highest BCUT2D eigenvalue weighted by molar-refractivity contribution is 5.71. The molecule has 24 heavy (non-hydrogen) atoms. The smallest absolute Gasteiger partial charge is 0.410 e. The van der Waals surface area contributed by atoms with E-state index in [1.807, 2.05) is 20.8 Å². The fourth-order valence-corrected chi connectivity index (χ4v) is 2.42. The van der Waals surface area contributed by atoms with Crippen LogP contribution in [0, 0.1) is 5.82 Å². The lowest BCUT2D eigenvalue weighted by molar-refractivity contribution is -0.105. The van der Waals surface area contributed by atoms with E-state index in [2.05, 4.69) is 5.32 Å². The topological polar surface area (TPSA) is 67.9 Å². The Morgan fingerprint density at radius 3 is 2.54 bits per heavy atom. The van der Waals surface area contributed by atoms with Gasteiger partial charge in [0.05, 0.1) is 0 Å². The summed E-state index contributed by atoms with van der Waals surface area (Å²) >= 11 is 0. The normalized spacial score (nSPS) is 15.8. The fraction of sp³-hybridized carbons (Fsp3) is 0.529. The second kappa shape index (κ2) is 7.51. The highest BCUT2D eigenvalue weighted by Gasteiger charge is 2.28. The van der Waals surface area contributed by atoms with Gasteiger partial charge in [0.2, 0.25) is 6.41 Å². The molecular formula is C17H23FN2O4. The van der Waals surface area contributed by atoms with Crippen LogP contribution in [0.5, 0.6) is 5.75 Å². The molecule has 0 saturated carbocycles. The SMILES string of the molecule is CC(C)(C)OC(=O)N1CCC(Oc2ccc(NC=O)cc2F)CC1. The number of ether oxygens (including phenoxy) is 2. The Labute approximate surface area is 140 Å². The van der Waals surface area contributed by atoms with Crippen molar-refractivity contribution in [1.29, 1.82) is 0 Å². The maximum atomic E-state index is 14.0. The number of carbonyl (C=O) groups is 2. The van der Waals surface area contributed by atoms with Crippen LogP contribution in [0.4, 0.5) is 14.9 Å². The molecule has 1 aromatic rings. The third-order valence-corrected chi connectivity index (χ3v) is 3.54. The van der Waals surface area contributed by atoms with Crippen LogP contribution >= 0.6 is 0 Å². The van der Waals surface area contributed by atoms with Crippen molar-refractivity contribution in [2.75, 3.05) is 18.4 Å². The lowest BCUT2D eigenvalue weighted by Gasteiger charge is -2.33. The number of halogens is 1. The zero-order valence-corrected chi connectivity index (χ0v) is 14.2. The maximum absolute atomic E-state index is 14.0. The predicted molar refractivity (Wildman–Crippen MR) is 87.5 cm³/mol. The van der Waals surface area contributed by atoms with Crippen molar-refractivity contribution >= 4 is 18.2 Å². The highest BCUT2D eigenvalue weighted by Crippen LogP contribution is 2.25. The first-order valence-electron chi connectivity index (χ1n) is 7.93. The van der Waals surface area contributed by atoms with Crippen LogP contribution in [0.25, 0.3) is 0 Å². The summed E-state index contributed by atoms with van der Waals surface area (Å²) in [6.07, 6.45) is 1.20. The molecule has 6 nitrogen and oxygen atoms in total. The summed E-state index contributed by atoms with van der Waals surface area (Å²) in [7, 11) is 0. The molecule has 0 aliphatic carbocycles. The molecule has 7 heteroatoms. The van der Waals surface area contributed by atoms with Crippen LogP contribution in [0.3, 0.4) is 0 Å². The molecule has 0 unspecified atom stereocenters. The summed E-state index contributed by atoms with van der Waals surface area (Å²) < 4.78 is 25.0. The summed E-state index contributed by atoms with van der Waals surface area (Å²) in [5.74, 6) is -0.390. The first-order valence-corrected chi connectivity index (χ1v) is 7.93. The highest BCUT2D eigenvalue weighted by atomic mass is 19.1. The van der Waals surface area contributed by atoms with Crippen LogP contribution < -0.4 is 10.1 Å². The summed E-state index contributed by atoms with van der Waals surface area (Å²) in [6.45, 7) is 6.49. The molecule has 1 fully saturated rings. The minimum atomic E-state index is -0.531. The van der Waals surface area contributed by atoms with Gasteiger partial charge in [0.15, 0.2) is 11.6 Å². The summed E-state index contributed by atoms with van der Waals surface area (Å²) in [6, 6.07) is 4.27. The zero-order valence-electron chi connectivity index (χ0n) is 14.2. The summed E-state index contributed by atoms with van der Waals surface area (Å²) in [5.41, 5.74) is -0.153. The van der Waals surface area contributed by atoms with Crippen LogP contribution in [0.1, 0.15) is 33.6 Å². The van der Waals surface area contributed by atoms with Crippen molar-refractivity contribution in [3.63, 3.8) is 0 Å². The van der Waals surface area contributed by atoms with Gasteiger partial charge < -0.3 is 19.7 Å². The largest absolute Gasteiger partial charge is 0.487 e. The van der Waals surface area contributed by atoms with E-state index in [0.29, 0.717) is 38.0 Å². The molecule has 0 atom stereocenters. The number of anilines is 1. The number of amides is 2. The lowest BCUT2D eigenvalue weighted by Crippen LogP contribution is -2.44. The number of benzene rings is 1. The molecule has 0 aromatic heterocycles. The Morgan fingerprint density at radius 2 is 2.00 bits per heavy atom. The molecule has 1 aliphatic heterocycles. The van der Waals surface area contributed by atoms with Gasteiger partial charge in [0.25, 0.3) is 0 Å². The lowest BCUT2D eigenvalue weighted by atomic mass is 10.1. The van der Waals surface area contributed by atoms with Gasteiger partial charge in [-0.2, -0.15) is 0 Å². The van der Waals surface area contributed by atoms with Gasteiger partial charge in [0.1, 0.15) is 11.7 Å². The molecule has 2 amide bonds. The van der Waals surface area contributed by atoms with Crippen molar-refractivity contribution < 1.29 is 23.5 Å². The van der Waals surface area contributed by atoms with E-state index in [9.17, 15) is 14.0 Å². The van der Waals surface area contributed by atoms with Crippen molar-refractivity contribution in [3.8, 4) is 5.75 Å². The van der Waals surface area contributed by atoms with Crippen LogP contribution in [0.2, 0.25) is 0 Å². The molecule has 2 rings (SSSR count). The zero-order chi connectivity index (χ0) is 17.7. The van der Waals surface area contributed by atoms with Gasteiger partial charge >= 0.3 is 6.09 Å². The third-order valence-electron chi connectivity index (χ3n) is 3.54. The van der Waals surface area contributed by atoms with Crippen molar-refractivity contribution in [1.82, 2.24) is 4.90 Å². The number of rotatable bonds is 4. The minimum absolute atomic E-state index is 0.141. The average molecular weight is 338 g/mol. The van der Waals surface area contributed by atoms with Crippen LogP contribution in [-0.2, 0) is 9.53 Å². The van der Waals surface area contributed by atoms with Crippen molar-refractivity contribution in [2.24, 2.45) is 0 Å². The summed E-state index contributed by atoms with van der Waals surface area (Å²) in [4.78, 5) is 24.0. The van der Waals surface area contributed by atoms with E-state index < -0.39 is 11.4 Å². The van der Waals surface area contributed by atoms with E-state index in [-0.39, 0.29) is 17.9 Å². The Kier molecular flexibility index (Phi) is 5.64. The van der Waals surface area contributed by atoms with Gasteiger partial charge in [-0.3, -0.25) is 4.79 Å². The molecular weight excluding hydrogens is 315 g/mol. The minimum Gasteiger partial charge on any atom is -0.487 e. The van der Waals surface area contributed by atoms with Gasteiger partial charge in [-0.1, -0.05) is 0 Å². The van der Waals surface area contributed by atoms with Crippen molar-refractivity contribution in [2.45, 2.75) is 45.3 Å². The second-order valence-corrected chi connectivity index (χ2v) is 6.69. The Balaban J connectivity index is 1.87. The molecule has 0 spiro atoms. The standard InChI is InChI=1S/C17H23FN2O4/c1-17(2,3)24-16(22)20-8-6-13(7-9-20)23-15-5-4-12(19-11-21)10-14(15)18/h4-5,10-11,13H,6-9H2,1-3H3,(H,19,21). The first kappa shape index (κ1) is 18.0. The van der Waals surface area contributed by atoms with Crippen LogP contribution in [0.15, 0.2) is 18.2 Å². The number of nitrogens with zero attached hydrogens (tertiary/aromatic N) is 1. The number of hydrogen-bond donors (Lipinski definition) is 1. The van der Waals surface area contributed by atoms with Gasteiger partial charge in [-0.25, -0.2) is 9.18 Å². The second-order valence-electron chi connectivity index (χ2n) is 6.69. The van der Waals surface area contributed by atoms with E-state index in [0.717, 1.165) is 0 Å². The van der Waals surface area contributed by atoms with E-state index in [1.165, 1.54) is 12.1 Å². The Hall–Kier alpha value is -2.31. The number of carbonyl (C=O) groups excluding carboxylic acids is 2. The first-order chi connectivity index (χ1) is 11.3. The third kappa shape index (κ3) is 5.11. The van der Waals surface area contributed by atoms with E-state index >= 15 is 0 Å². The molecule has 1 aromatic carbocycles. The van der Waals surface area contributed by atoms with E-state index in [1.54, 1.807) is 11.0 Å². The quantitative estimate of drug-likeness (QED) is 0.856. The number of piperidine rings is 1. The molecule has 1 heterocycles.